The second-order valence-corrected chi connectivity index (χ2v) is 9.40. The van der Waals surface area contributed by atoms with Crippen LogP contribution in [0.5, 0.6) is 0 Å². The molecule has 148 valence electrons. The van der Waals surface area contributed by atoms with Gasteiger partial charge in [0.1, 0.15) is 11.5 Å². The van der Waals surface area contributed by atoms with Gasteiger partial charge in [-0.1, -0.05) is 12.1 Å². The number of aromatic amines is 1. The van der Waals surface area contributed by atoms with Gasteiger partial charge < -0.3 is 10.3 Å². The van der Waals surface area contributed by atoms with Crippen molar-refractivity contribution in [1.82, 2.24) is 20.3 Å². The number of hydrogen-bond acceptors (Lipinski definition) is 6. The molecule has 2 N–H and O–H groups in total. The summed E-state index contributed by atoms with van der Waals surface area (Å²) in [6.07, 6.45) is 0.719. The number of rotatable bonds is 4. The van der Waals surface area contributed by atoms with Crippen molar-refractivity contribution in [3.8, 4) is 0 Å². The zero-order valence-corrected chi connectivity index (χ0v) is 16.2. The summed E-state index contributed by atoms with van der Waals surface area (Å²) in [4.78, 5) is 32.5. The molecule has 0 bridgehead atoms. The molecule has 4 rings (SSSR count). The highest BCUT2D eigenvalue weighted by atomic mass is 32.2. The Hall–Kier alpha value is -2.75. The van der Waals surface area contributed by atoms with E-state index in [4.69, 9.17) is 0 Å². The fourth-order valence-electron chi connectivity index (χ4n) is 3.51. The molecule has 1 saturated heterocycles. The van der Waals surface area contributed by atoms with Gasteiger partial charge >= 0.3 is 0 Å². The molecule has 0 radical (unpaired) electrons. The maximum absolute atomic E-state index is 12.7. The third-order valence-corrected chi connectivity index (χ3v) is 6.79. The zero-order valence-electron chi connectivity index (χ0n) is 15.4. The fraction of sp³-hybridized carbons (Fsp3) is 0.444. The minimum atomic E-state index is -3.15. The van der Waals surface area contributed by atoms with Crippen molar-refractivity contribution >= 4 is 38.4 Å². The van der Waals surface area contributed by atoms with Crippen LogP contribution in [-0.4, -0.2) is 58.5 Å². The summed E-state index contributed by atoms with van der Waals surface area (Å²) < 4.78 is 23.4. The number of imidazole rings is 1. The number of H-pyrrole nitrogens is 1. The molecule has 28 heavy (non-hydrogen) atoms. The largest absolute Gasteiger partial charge is 0.341 e. The number of carbonyl (C=O) groups excluding carboxylic acids is 2. The van der Waals surface area contributed by atoms with Crippen LogP contribution in [0, 0.1) is 0 Å². The molecule has 3 heterocycles. The highest BCUT2D eigenvalue weighted by Gasteiger charge is 2.37. The van der Waals surface area contributed by atoms with Crippen molar-refractivity contribution in [2.75, 3.05) is 11.5 Å². The molecule has 0 spiro atoms. The van der Waals surface area contributed by atoms with Crippen LogP contribution in [0.15, 0.2) is 29.4 Å². The number of nitrogens with zero attached hydrogens (tertiary/aromatic N) is 3. The van der Waals surface area contributed by atoms with E-state index >= 15 is 0 Å². The molecule has 1 aromatic carbocycles. The van der Waals surface area contributed by atoms with Crippen LogP contribution in [0.4, 0.5) is 0 Å². The van der Waals surface area contributed by atoms with E-state index in [-0.39, 0.29) is 47.9 Å². The van der Waals surface area contributed by atoms with Gasteiger partial charge in [0.2, 0.25) is 5.91 Å². The number of aromatic nitrogens is 2. The molecule has 1 aromatic heterocycles. The summed E-state index contributed by atoms with van der Waals surface area (Å²) in [6.45, 7) is 1.81. The Morgan fingerprint density at radius 2 is 2.11 bits per heavy atom. The van der Waals surface area contributed by atoms with E-state index in [9.17, 15) is 18.0 Å². The Morgan fingerprint density at radius 1 is 1.32 bits per heavy atom. The van der Waals surface area contributed by atoms with E-state index in [0.717, 1.165) is 11.0 Å². The molecular formula is C18H21N5O4S. The van der Waals surface area contributed by atoms with Crippen LogP contribution in [-0.2, 0) is 19.4 Å². The number of nitrogens with one attached hydrogen (secondary N) is 2. The van der Waals surface area contributed by atoms with Gasteiger partial charge in [-0.05, 0) is 25.5 Å². The number of sulfone groups is 1. The molecule has 2 aliphatic rings. The highest BCUT2D eigenvalue weighted by molar-refractivity contribution is 7.91. The summed E-state index contributed by atoms with van der Waals surface area (Å²) in [6, 6.07) is 6.72. The Labute approximate surface area is 162 Å². The molecule has 0 unspecified atom stereocenters. The predicted octanol–water partition coefficient (Wildman–Crippen LogP) is 0.906. The first-order valence-electron chi connectivity index (χ1n) is 9.18. The van der Waals surface area contributed by atoms with E-state index < -0.39 is 15.9 Å². The Bertz CT molecular complexity index is 1040. The average Bonchev–Trinajstić information content (AvgIpc) is 3.25. The van der Waals surface area contributed by atoms with E-state index in [1.54, 1.807) is 0 Å². The number of carbonyl (C=O) groups is 2. The van der Waals surface area contributed by atoms with Crippen molar-refractivity contribution in [1.29, 1.82) is 0 Å². The molecule has 1 fully saturated rings. The Kier molecular flexibility index (Phi) is 4.66. The predicted molar refractivity (Wildman–Crippen MR) is 103 cm³/mol. The summed E-state index contributed by atoms with van der Waals surface area (Å²) in [5.74, 6) is -0.0650. The molecule has 2 atom stereocenters. The maximum atomic E-state index is 12.7. The molecule has 9 nitrogen and oxygen atoms in total. The number of benzene rings is 1. The van der Waals surface area contributed by atoms with Crippen molar-refractivity contribution in [3.05, 3.63) is 30.1 Å². The van der Waals surface area contributed by atoms with Gasteiger partial charge in [-0.3, -0.25) is 9.59 Å². The fourth-order valence-corrected chi connectivity index (χ4v) is 5.21. The summed E-state index contributed by atoms with van der Waals surface area (Å²) in [7, 11) is -3.15. The first-order chi connectivity index (χ1) is 13.3. The normalized spacial score (nSPS) is 22.9. The van der Waals surface area contributed by atoms with Gasteiger partial charge in [-0.2, -0.15) is 5.10 Å². The lowest BCUT2D eigenvalue weighted by atomic mass is 10.1. The SMILES string of the molecule is C[C@@H](NC(=O)C1=NN([C@@H]2CCS(=O)(=O)C2)C(=O)CC1)c1nc2ccccc2[nH]1. The third kappa shape index (κ3) is 3.64. The van der Waals surface area contributed by atoms with Gasteiger partial charge in [0.25, 0.3) is 5.91 Å². The molecule has 10 heteroatoms. The van der Waals surface area contributed by atoms with Crippen LogP contribution in [0.2, 0.25) is 0 Å². The lowest BCUT2D eigenvalue weighted by molar-refractivity contribution is -0.133. The van der Waals surface area contributed by atoms with Gasteiger partial charge in [-0.15, -0.1) is 0 Å². The molecule has 0 aliphatic carbocycles. The van der Waals surface area contributed by atoms with Crippen molar-refractivity contribution < 1.29 is 18.0 Å². The lowest BCUT2D eigenvalue weighted by Gasteiger charge is -2.27. The summed E-state index contributed by atoms with van der Waals surface area (Å²) in [5, 5.41) is 8.23. The topological polar surface area (TPSA) is 125 Å². The van der Waals surface area contributed by atoms with Crippen LogP contribution in [0.1, 0.15) is 38.1 Å². The molecule has 2 amide bonds. The van der Waals surface area contributed by atoms with Crippen molar-refractivity contribution in [2.45, 2.75) is 38.3 Å². The molecular weight excluding hydrogens is 382 g/mol. The van der Waals surface area contributed by atoms with Crippen molar-refractivity contribution in [3.63, 3.8) is 0 Å². The van der Waals surface area contributed by atoms with Gasteiger partial charge in [0.05, 0.1) is 34.6 Å². The van der Waals surface area contributed by atoms with E-state index in [0.29, 0.717) is 12.2 Å². The van der Waals surface area contributed by atoms with Gasteiger partial charge in [0.15, 0.2) is 9.84 Å². The number of hydrazone groups is 1. The summed E-state index contributed by atoms with van der Waals surface area (Å²) in [5.41, 5.74) is 1.92. The number of hydrogen-bond donors (Lipinski definition) is 2. The minimum absolute atomic E-state index is 0.0432. The van der Waals surface area contributed by atoms with E-state index in [2.05, 4.69) is 20.4 Å². The van der Waals surface area contributed by atoms with Gasteiger partial charge in [0, 0.05) is 12.8 Å². The standard InChI is InChI=1S/C18H21N5O4S/c1-11(17-20-13-4-2-3-5-14(13)21-17)19-18(25)15-6-7-16(24)23(22-15)12-8-9-28(26,27)10-12/h2-5,11-12H,6-10H2,1H3,(H,19,25)(H,20,21)/t11-,12-/m1/s1. The molecule has 2 aromatic rings. The Morgan fingerprint density at radius 3 is 2.82 bits per heavy atom. The second-order valence-electron chi connectivity index (χ2n) is 7.18. The number of fused-ring (bicyclic) bond motifs is 1. The lowest BCUT2D eigenvalue weighted by Crippen LogP contribution is -2.44. The van der Waals surface area contributed by atoms with Crippen molar-refractivity contribution in [2.24, 2.45) is 5.10 Å². The molecule has 0 saturated carbocycles. The highest BCUT2D eigenvalue weighted by Crippen LogP contribution is 2.22. The zero-order chi connectivity index (χ0) is 19.9. The Balaban J connectivity index is 1.48. The summed E-state index contributed by atoms with van der Waals surface area (Å²) >= 11 is 0. The second kappa shape index (κ2) is 7.01. The first kappa shape index (κ1) is 18.6. The third-order valence-electron chi connectivity index (χ3n) is 5.04. The minimum Gasteiger partial charge on any atom is -0.341 e. The van der Waals surface area contributed by atoms with Gasteiger partial charge in [-0.25, -0.2) is 18.4 Å². The maximum Gasteiger partial charge on any atom is 0.268 e. The quantitative estimate of drug-likeness (QED) is 0.785. The van der Waals surface area contributed by atoms with E-state index in [1.165, 1.54) is 5.01 Å². The first-order valence-corrected chi connectivity index (χ1v) is 11.0. The van der Waals surface area contributed by atoms with Crippen LogP contribution < -0.4 is 5.32 Å². The number of amides is 2. The number of para-hydroxylation sites is 2. The molecule has 2 aliphatic heterocycles. The van der Waals surface area contributed by atoms with Crippen LogP contribution in [0.3, 0.4) is 0 Å². The monoisotopic (exact) mass is 403 g/mol. The van der Waals surface area contributed by atoms with Crippen LogP contribution >= 0.6 is 0 Å². The average molecular weight is 403 g/mol. The van der Waals surface area contributed by atoms with Crippen LogP contribution in [0.25, 0.3) is 11.0 Å². The van der Waals surface area contributed by atoms with E-state index in [1.807, 2.05) is 31.2 Å². The smallest absolute Gasteiger partial charge is 0.268 e.